The molecule has 0 spiro atoms. The van der Waals surface area contributed by atoms with E-state index in [1.54, 1.807) is 0 Å². The maximum absolute atomic E-state index is 5.46. The molecule has 0 fully saturated rings. The van der Waals surface area contributed by atoms with Crippen LogP contribution in [0.1, 0.15) is 11.1 Å². The van der Waals surface area contributed by atoms with Gasteiger partial charge in [-0.3, -0.25) is 4.84 Å². The first-order valence-corrected chi connectivity index (χ1v) is 4.27. The molecule has 0 atom stereocenters. The van der Waals surface area contributed by atoms with Crippen LogP contribution in [0.3, 0.4) is 0 Å². The molecule has 12 heavy (non-hydrogen) atoms. The number of nitrogens with zero attached hydrogens (tertiary/aromatic N) is 1. The Morgan fingerprint density at radius 2 is 2.00 bits per heavy atom. The third kappa shape index (κ3) is 1.49. The molecule has 1 heterocycles. The van der Waals surface area contributed by atoms with Gasteiger partial charge >= 0.3 is 0 Å². The summed E-state index contributed by atoms with van der Waals surface area (Å²) in [5, 5.41) is 1.90. The Bertz CT molecular complexity index is 245. The second-order valence-electron chi connectivity index (χ2n) is 3.14. The van der Waals surface area contributed by atoms with Crippen LogP contribution in [-0.2, 0) is 17.9 Å². The fourth-order valence-electron chi connectivity index (χ4n) is 1.46. The maximum atomic E-state index is 5.46. The molecular formula is C10H13NO. The molecule has 2 nitrogen and oxygen atoms in total. The van der Waals surface area contributed by atoms with E-state index in [1.807, 2.05) is 12.1 Å². The third-order valence-corrected chi connectivity index (χ3v) is 2.25. The van der Waals surface area contributed by atoms with Crippen LogP contribution in [0.4, 0.5) is 0 Å². The Labute approximate surface area is 72.7 Å². The van der Waals surface area contributed by atoms with Gasteiger partial charge in [0, 0.05) is 13.6 Å². The molecule has 1 aliphatic rings. The second kappa shape index (κ2) is 3.25. The first-order valence-electron chi connectivity index (χ1n) is 4.27. The quantitative estimate of drug-likeness (QED) is 0.576. The van der Waals surface area contributed by atoms with Gasteiger partial charge in [0.05, 0.1) is 6.61 Å². The van der Waals surface area contributed by atoms with Crippen LogP contribution in [0.2, 0.25) is 0 Å². The zero-order valence-corrected chi connectivity index (χ0v) is 7.29. The van der Waals surface area contributed by atoms with Crippen molar-refractivity contribution < 1.29 is 4.84 Å². The average Bonchev–Trinajstić information content (AvgIpc) is 2.29. The monoisotopic (exact) mass is 163 g/mol. The number of likely N-dealkylation sites (N-methyl/N-ethyl adjacent to an activating group) is 1. The number of hydrogen-bond acceptors (Lipinski definition) is 2. The molecule has 0 bridgehead atoms. The van der Waals surface area contributed by atoms with Gasteiger partial charge in [0.15, 0.2) is 0 Å². The largest absolute Gasteiger partial charge is 0.294 e. The SMILES string of the molecule is CN1CCc2ccccc2CO1. The summed E-state index contributed by atoms with van der Waals surface area (Å²) in [6.07, 6.45) is 1.09. The number of fused-ring (bicyclic) bond motifs is 1. The smallest absolute Gasteiger partial charge is 0.0938 e. The molecule has 0 saturated heterocycles. The lowest BCUT2D eigenvalue weighted by molar-refractivity contribution is -0.145. The van der Waals surface area contributed by atoms with Crippen molar-refractivity contribution in [1.29, 1.82) is 0 Å². The van der Waals surface area contributed by atoms with E-state index < -0.39 is 0 Å². The van der Waals surface area contributed by atoms with E-state index in [9.17, 15) is 0 Å². The Morgan fingerprint density at radius 3 is 2.83 bits per heavy atom. The van der Waals surface area contributed by atoms with Crippen LogP contribution in [0.25, 0.3) is 0 Å². The summed E-state index contributed by atoms with van der Waals surface area (Å²) in [7, 11) is 1.98. The molecule has 0 saturated carbocycles. The third-order valence-electron chi connectivity index (χ3n) is 2.25. The van der Waals surface area contributed by atoms with E-state index in [-0.39, 0.29) is 0 Å². The minimum absolute atomic E-state index is 0.715. The summed E-state index contributed by atoms with van der Waals surface area (Å²) >= 11 is 0. The highest BCUT2D eigenvalue weighted by Crippen LogP contribution is 2.14. The Morgan fingerprint density at radius 1 is 1.25 bits per heavy atom. The fourth-order valence-corrected chi connectivity index (χ4v) is 1.46. The minimum Gasteiger partial charge on any atom is -0.294 e. The normalized spacial score (nSPS) is 18.4. The zero-order chi connectivity index (χ0) is 8.39. The molecular weight excluding hydrogens is 150 g/mol. The summed E-state index contributed by atoms with van der Waals surface area (Å²) in [4.78, 5) is 5.46. The van der Waals surface area contributed by atoms with Crippen molar-refractivity contribution in [3.05, 3.63) is 35.4 Å². The summed E-state index contributed by atoms with van der Waals surface area (Å²) in [5.74, 6) is 0. The van der Waals surface area contributed by atoms with Gasteiger partial charge in [0.1, 0.15) is 0 Å². The predicted octanol–water partition coefficient (Wildman–Crippen LogP) is 1.61. The molecule has 0 aliphatic carbocycles. The van der Waals surface area contributed by atoms with Gasteiger partial charge in [-0.15, -0.1) is 0 Å². The summed E-state index contributed by atoms with van der Waals surface area (Å²) in [6, 6.07) is 8.46. The van der Waals surface area contributed by atoms with Crippen molar-refractivity contribution in [3.63, 3.8) is 0 Å². The van der Waals surface area contributed by atoms with E-state index in [1.165, 1.54) is 11.1 Å². The molecule has 1 aliphatic heterocycles. The predicted molar refractivity (Wildman–Crippen MR) is 47.6 cm³/mol. The molecule has 2 heteroatoms. The minimum atomic E-state index is 0.715. The average molecular weight is 163 g/mol. The van der Waals surface area contributed by atoms with Crippen LogP contribution in [0.5, 0.6) is 0 Å². The van der Waals surface area contributed by atoms with Crippen LogP contribution >= 0.6 is 0 Å². The second-order valence-corrected chi connectivity index (χ2v) is 3.14. The molecule has 1 aromatic rings. The van der Waals surface area contributed by atoms with Crippen LogP contribution in [0.15, 0.2) is 24.3 Å². The zero-order valence-electron chi connectivity index (χ0n) is 7.29. The van der Waals surface area contributed by atoms with Crippen molar-refractivity contribution >= 4 is 0 Å². The topological polar surface area (TPSA) is 12.5 Å². The first-order chi connectivity index (χ1) is 5.86. The lowest BCUT2D eigenvalue weighted by Gasteiger charge is -2.11. The van der Waals surface area contributed by atoms with Crippen LogP contribution < -0.4 is 0 Å². The van der Waals surface area contributed by atoms with Crippen molar-refractivity contribution in [2.45, 2.75) is 13.0 Å². The Balaban J connectivity index is 2.26. The highest BCUT2D eigenvalue weighted by molar-refractivity contribution is 5.27. The summed E-state index contributed by atoms with van der Waals surface area (Å²) in [6.45, 7) is 1.70. The van der Waals surface area contributed by atoms with Gasteiger partial charge in [-0.2, -0.15) is 5.06 Å². The Kier molecular flexibility index (Phi) is 2.11. The van der Waals surface area contributed by atoms with Crippen LogP contribution in [-0.4, -0.2) is 18.7 Å². The van der Waals surface area contributed by atoms with Gasteiger partial charge in [-0.25, -0.2) is 0 Å². The number of hydroxylamine groups is 2. The fraction of sp³-hybridized carbons (Fsp3) is 0.400. The van der Waals surface area contributed by atoms with E-state index in [2.05, 4.69) is 24.3 Å². The van der Waals surface area contributed by atoms with Gasteiger partial charge in [0.2, 0.25) is 0 Å². The molecule has 0 aromatic heterocycles. The van der Waals surface area contributed by atoms with Gasteiger partial charge in [-0.05, 0) is 17.5 Å². The van der Waals surface area contributed by atoms with E-state index >= 15 is 0 Å². The molecule has 64 valence electrons. The molecule has 2 rings (SSSR count). The maximum Gasteiger partial charge on any atom is 0.0938 e. The lowest BCUT2D eigenvalue weighted by atomic mass is 10.1. The van der Waals surface area contributed by atoms with E-state index in [0.717, 1.165) is 13.0 Å². The molecule has 0 unspecified atom stereocenters. The van der Waals surface area contributed by atoms with E-state index in [4.69, 9.17) is 4.84 Å². The van der Waals surface area contributed by atoms with Crippen molar-refractivity contribution in [2.75, 3.05) is 13.6 Å². The van der Waals surface area contributed by atoms with E-state index in [0.29, 0.717) is 6.61 Å². The van der Waals surface area contributed by atoms with Gasteiger partial charge < -0.3 is 0 Å². The Hall–Kier alpha value is -0.860. The van der Waals surface area contributed by atoms with Gasteiger partial charge in [0.25, 0.3) is 0 Å². The molecule has 0 radical (unpaired) electrons. The van der Waals surface area contributed by atoms with Crippen LogP contribution in [0, 0.1) is 0 Å². The lowest BCUT2D eigenvalue weighted by Crippen LogP contribution is -2.18. The number of rotatable bonds is 0. The summed E-state index contributed by atoms with van der Waals surface area (Å²) in [5.41, 5.74) is 2.74. The molecule has 0 amide bonds. The standard InChI is InChI=1S/C10H13NO/c1-11-7-6-9-4-2-3-5-10(9)8-12-11/h2-5H,6-8H2,1H3. The van der Waals surface area contributed by atoms with Crippen molar-refractivity contribution in [2.24, 2.45) is 0 Å². The highest BCUT2D eigenvalue weighted by Gasteiger charge is 2.09. The number of hydrogen-bond donors (Lipinski definition) is 0. The number of benzene rings is 1. The van der Waals surface area contributed by atoms with Crippen molar-refractivity contribution in [1.82, 2.24) is 5.06 Å². The first kappa shape index (κ1) is 7.77. The summed E-state index contributed by atoms with van der Waals surface area (Å²) < 4.78 is 0. The highest BCUT2D eigenvalue weighted by atomic mass is 16.7. The molecule has 1 aromatic carbocycles. The molecule has 0 N–H and O–H groups in total. The van der Waals surface area contributed by atoms with Gasteiger partial charge in [-0.1, -0.05) is 24.3 Å². The van der Waals surface area contributed by atoms with Crippen molar-refractivity contribution in [3.8, 4) is 0 Å².